The molecule has 1 aliphatic heterocycles. The van der Waals surface area contributed by atoms with Gasteiger partial charge in [0.1, 0.15) is 23.2 Å². The number of pyridine rings is 1. The van der Waals surface area contributed by atoms with Crippen LogP contribution in [-0.2, 0) is 0 Å². The molecule has 0 saturated carbocycles. The molecular formula is C26H24ClN7. The molecule has 1 saturated heterocycles. The van der Waals surface area contributed by atoms with E-state index in [-0.39, 0.29) is 0 Å². The van der Waals surface area contributed by atoms with Crippen LogP contribution >= 0.6 is 11.6 Å². The van der Waals surface area contributed by atoms with Crippen molar-refractivity contribution in [2.45, 2.75) is 6.92 Å². The van der Waals surface area contributed by atoms with Gasteiger partial charge in [-0.2, -0.15) is 0 Å². The monoisotopic (exact) mass is 469 g/mol. The van der Waals surface area contributed by atoms with Crippen molar-refractivity contribution < 1.29 is 0 Å². The number of fused-ring (bicyclic) bond motifs is 3. The Morgan fingerprint density at radius 1 is 0.853 bits per heavy atom. The van der Waals surface area contributed by atoms with Crippen LogP contribution in [0.2, 0.25) is 5.02 Å². The fraction of sp³-hybridized carbons (Fsp3) is 0.192. The molecule has 0 aliphatic carbocycles. The van der Waals surface area contributed by atoms with Crippen molar-refractivity contribution in [3.8, 4) is 0 Å². The van der Waals surface area contributed by atoms with Crippen LogP contribution in [0.3, 0.4) is 0 Å². The lowest BCUT2D eigenvalue weighted by Gasteiger charge is -2.36. The third-order valence-electron chi connectivity index (χ3n) is 6.37. The molecule has 0 unspecified atom stereocenters. The summed E-state index contributed by atoms with van der Waals surface area (Å²) in [6.45, 7) is 5.78. The maximum atomic E-state index is 6.44. The van der Waals surface area contributed by atoms with Gasteiger partial charge in [0.2, 0.25) is 0 Å². The fourth-order valence-electron chi connectivity index (χ4n) is 4.52. The van der Waals surface area contributed by atoms with Crippen LogP contribution in [0.5, 0.6) is 0 Å². The number of anilines is 4. The van der Waals surface area contributed by atoms with Gasteiger partial charge in [-0.3, -0.25) is 4.40 Å². The second-order valence-corrected chi connectivity index (χ2v) is 8.90. The van der Waals surface area contributed by atoms with E-state index in [2.05, 4.69) is 56.5 Å². The number of piperazine rings is 1. The molecule has 0 spiro atoms. The first-order chi connectivity index (χ1) is 16.7. The maximum absolute atomic E-state index is 6.44. The molecule has 170 valence electrons. The van der Waals surface area contributed by atoms with Gasteiger partial charge in [0, 0.05) is 31.9 Å². The molecule has 7 nitrogen and oxygen atoms in total. The zero-order valence-electron chi connectivity index (χ0n) is 18.8. The van der Waals surface area contributed by atoms with E-state index in [1.54, 1.807) is 12.5 Å². The van der Waals surface area contributed by atoms with Gasteiger partial charge < -0.3 is 15.1 Å². The van der Waals surface area contributed by atoms with E-state index < -0.39 is 0 Å². The summed E-state index contributed by atoms with van der Waals surface area (Å²) < 4.78 is 1.99. The van der Waals surface area contributed by atoms with E-state index in [4.69, 9.17) is 21.6 Å². The van der Waals surface area contributed by atoms with Crippen molar-refractivity contribution in [2.75, 3.05) is 41.3 Å². The predicted molar refractivity (Wildman–Crippen MR) is 139 cm³/mol. The van der Waals surface area contributed by atoms with Gasteiger partial charge in [0.25, 0.3) is 0 Å². The molecule has 0 radical (unpaired) electrons. The highest BCUT2D eigenvalue weighted by atomic mass is 35.5. The van der Waals surface area contributed by atoms with E-state index in [0.717, 1.165) is 59.9 Å². The number of nitrogens with one attached hydrogen (secondary N) is 1. The zero-order valence-corrected chi connectivity index (χ0v) is 19.6. The molecular weight excluding hydrogens is 446 g/mol. The van der Waals surface area contributed by atoms with Crippen molar-refractivity contribution in [1.29, 1.82) is 0 Å². The number of halogens is 1. The topological polar surface area (TPSA) is 61.6 Å². The number of aromatic nitrogens is 4. The highest BCUT2D eigenvalue weighted by Crippen LogP contribution is 2.31. The van der Waals surface area contributed by atoms with Gasteiger partial charge in [0.15, 0.2) is 11.5 Å². The van der Waals surface area contributed by atoms with E-state index in [1.165, 1.54) is 5.69 Å². The lowest BCUT2D eigenvalue weighted by Crippen LogP contribution is -2.46. The summed E-state index contributed by atoms with van der Waals surface area (Å²) in [6, 6.07) is 20.5. The van der Waals surface area contributed by atoms with Crippen molar-refractivity contribution in [3.63, 3.8) is 0 Å². The number of benzene rings is 2. The lowest BCUT2D eigenvalue weighted by atomic mass is 10.2. The Morgan fingerprint density at radius 2 is 1.65 bits per heavy atom. The van der Waals surface area contributed by atoms with Gasteiger partial charge in [-0.25, -0.2) is 15.0 Å². The molecule has 1 N–H and O–H groups in total. The van der Waals surface area contributed by atoms with Crippen LogP contribution in [-0.4, -0.2) is 45.5 Å². The van der Waals surface area contributed by atoms with Crippen LogP contribution in [0.4, 0.5) is 23.0 Å². The van der Waals surface area contributed by atoms with E-state index in [1.807, 2.05) is 35.6 Å². The summed E-state index contributed by atoms with van der Waals surface area (Å²) in [5, 5.41) is 4.07. The minimum Gasteiger partial charge on any atom is -0.368 e. The minimum absolute atomic E-state index is 0.655. The molecule has 0 atom stereocenters. The Morgan fingerprint density at radius 3 is 2.44 bits per heavy atom. The second-order valence-electron chi connectivity index (χ2n) is 8.49. The fourth-order valence-corrected chi connectivity index (χ4v) is 4.79. The van der Waals surface area contributed by atoms with Crippen LogP contribution in [0.1, 0.15) is 5.56 Å². The Labute approximate surface area is 202 Å². The predicted octanol–water partition coefficient (Wildman–Crippen LogP) is 5.31. The molecule has 1 aliphatic rings. The van der Waals surface area contributed by atoms with Crippen molar-refractivity contribution in [3.05, 3.63) is 83.8 Å². The van der Waals surface area contributed by atoms with E-state index >= 15 is 0 Å². The standard InChI is InChI=1S/C26H24ClN7/c1-18-6-5-9-20(27)24(18)31-25-22-16-28-17-34(22)26-21(29-25)10-11-23(30-26)33-14-12-32(13-15-33)19-7-3-2-4-8-19/h2-11,16-17H,12-15H2,1H3,(H,29,31). The number of hydrogen-bond donors (Lipinski definition) is 1. The summed E-state index contributed by atoms with van der Waals surface area (Å²) in [4.78, 5) is 19.0. The first-order valence-corrected chi connectivity index (χ1v) is 11.7. The quantitative estimate of drug-likeness (QED) is 0.385. The normalized spacial score (nSPS) is 14.2. The zero-order chi connectivity index (χ0) is 23.1. The van der Waals surface area contributed by atoms with Crippen molar-refractivity contribution in [1.82, 2.24) is 19.4 Å². The Hall–Kier alpha value is -3.84. The average molecular weight is 470 g/mol. The van der Waals surface area contributed by atoms with Crippen molar-refractivity contribution in [2.24, 2.45) is 0 Å². The molecule has 34 heavy (non-hydrogen) atoms. The Kier molecular flexibility index (Phi) is 5.19. The van der Waals surface area contributed by atoms with Gasteiger partial charge >= 0.3 is 0 Å². The summed E-state index contributed by atoms with van der Waals surface area (Å²) in [6.07, 6.45) is 3.59. The van der Waals surface area contributed by atoms with Crippen LogP contribution in [0, 0.1) is 6.92 Å². The third kappa shape index (κ3) is 3.68. The first kappa shape index (κ1) is 20.7. The van der Waals surface area contributed by atoms with Crippen molar-refractivity contribution >= 4 is 51.3 Å². The molecule has 0 amide bonds. The molecule has 5 aromatic rings. The number of hydrogen-bond acceptors (Lipinski definition) is 6. The smallest absolute Gasteiger partial charge is 0.166 e. The molecule has 0 bridgehead atoms. The van der Waals surface area contributed by atoms with Gasteiger partial charge in [-0.1, -0.05) is 41.9 Å². The Balaban J connectivity index is 1.31. The number of nitrogens with zero attached hydrogens (tertiary/aromatic N) is 6. The summed E-state index contributed by atoms with van der Waals surface area (Å²) in [7, 11) is 0. The highest BCUT2D eigenvalue weighted by Gasteiger charge is 2.20. The summed E-state index contributed by atoms with van der Waals surface area (Å²) in [5.74, 6) is 1.66. The molecule has 8 heteroatoms. The molecule has 4 heterocycles. The first-order valence-electron chi connectivity index (χ1n) is 11.4. The van der Waals surface area contributed by atoms with Gasteiger partial charge in [-0.15, -0.1) is 0 Å². The number of imidazole rings is 1. The molecule has 3 aromatic heterocycles. The molecule has 2 aromatic carbocycles. The SMILES string of the molecule is Cc1cccc(Cl)c1Nc1nc2ccc(N3CCN(c4ccccc4)CC3)nc2n2cncc12. The minimum atomic E-state index is 0.655. The average Bonchev–Trinajstić information content (AvgIpc) is 3.38. The highest BCUT2D eigenvalue weighted by molar-refractivity contribution is 6.33. The largest absolute Gasteiger partial charge is 0.368 e. The van der Waals surface area contributed by atoms with Crippen LogP contribution in [0.15, 0.2) is 73.2 Å². The van der Waals surface area contributed by atoms with Gasteiger partial charge in [0.05, 0.1) is 16.9 Å². The Bertz CT molecular complexity index is 1450. The summed E-state index contributed by atoms with van der Waals surface area (Å²) >= 11 is 6.44. The summed E-state index contributed by atoms with van der Waals surface area (Å²) in [5.41, 5.74) is 5.61. The molecule has 6 rings (SSSR count). The van der Waals surface area contributed by atoms with Crippen LogP contribution in [0.25, 0.3) is 16.7 Å². The number of rotatable bonds is 4. The van der Waals surface area contributed by atoms with E-state index in [9.17, 15) is 0 Å². The van der Waals surface area contributed by atoms with Gasteiger partial charge in [-0.05, 0) is 42.8 Å². The number of para-hydroxylation sites is 2. The van der Waals surface area contributed by atoms with Crippen LogP contribution < -0.4 is 15.1 Å². The van der Waals surface area contributed by atoms with E-state index in [0.29, 0.717) is 10.8 Å². The lowest BCUT2D eigenvalue weighted by molar-refractivity contribution is 0.648. The molecule has 1 fully saturated rings. The second kappa shape index (κ2) is 8.50. The number of aryl methyl sites for hydroxylation is 1. The third-order valence-corrected chi connectivity index (χ3v) is 6.69. The maximum Gasteiger partial charge on any atom is 0.166 e.